The second-order valence-electron chi connectivity index (χ2n) is 4.12. The van der Waals surface area contributed by atoms with E-state index in [0.717, 1.165) is 22.4 Å². The number of benzene rings is 1. The van der Waals surface area contributed by atoms with E-state index in [0.29, 0.717) is 5.69 Å². The van der Waals surface area contributed by atoms with Crippen molar-refractivity contribution in [2.24, 2.45) is 0 Å². The predicted molar refractivity (Wildman–Crippen MR) is 64.8 cm³/mol. The van der Waals surface area contributed by atoms with Crippen molar-refractivity contribution in [1.82, 2.24) is 10.2 Å². The van der Waals surface area contributed by atoms with E-state index < -0.39 is 5.97 Å². The largest absolute Gasteiger partial charge is 0.481 e. The number of nitrogens with one attached hydrogen (secondary N) is 1. The van der Waals surface area contributed by atoms with Crippen LogP contribution in [0.2, 0.25) is 0 Å². The van der Waals surface area contributed by atoms with E-state index in [2.05, 4.69) is 10.2 Å². The van der Waals surface area contributed by atoms with Crippen molar-refractivity contribution < 1.29 is 9.90 Å². The van der Waals surface area contributed by atoms with Gasteiger partial charge < -0.3 is 5.11 Å². The predicted octanol–water partition coefficient (Wildman–Crippen LogP) is 2.32. The van der Waals surface area contributed by atoms with Gasteiger partial charge in [0.05, 0.1) is 12.1 Å². The van der Waals surface area contributed by atoms with Gasteiger partial charge in [0.15, 0.2) is 0 Å². The minimum Gasteiger partial charge on any atom is -0.481 e. The Hall–Kier alpha value is -2.10. The molecule has 0 aliphatic rings. The summed E-state index contributed by atoms with van der Waals surface area (Å²) in [7, 11) is 0. The Labute approximate surface area is 99.3 Å². The number of H-pyrrole nitrogens is 1. The number of hydrogen-bond donors (Lipinski definition) is 2. The summed E-state index contributed by atoms with van der Waals surface area (Å²) < 4.78 is 0. The van der Waals surface area contributed by atoms with E-state index in [9.17, 15) is 4.79 Å². The molecule has 1 aromatic heterocycles. The Bertz CT molecular complexity index is 558. The van der Waals surface area contributed by atoms with Crippen molar-refractivity contribution in [3.63, 3.8) is 0 Å². The van der Waals surface area contributed by atoms with Gasteiger partial charge in [0.2, 0.25) is 0 Å². The number of carboxylic acid groups (broad SMARTS) is 1. The first kappa shape index (κ1) is 11.4. The Balaban J connectivity index is 2.40. The monoisotopic (exact) mass is 230 g/mol. The van der Waals surface area contributed by atoms with Crippen molar-refractivity contribution in [2.75, 3.05) is 0 Å². The van der Waals surface area contributed by atoms with Gasteiger partial charge in [-0.15, -0.1) is 0 Å². The van der Waals surface area contributed by atoms with Crippen molar-refractivity contribution in [3.05, 3.63) is 41.1 Å². The standard InChI is InChI=1S/C13H14N2O2/c1-8-4-3-5-10(6-8)13-9(2)11(14-15-13)7-12(16)17/h3-6H,7H2,1-2H3,(H,14,15)(H,16,17). The summed E-state index contributed by atoms with van der Waals surface area (Å²) in [6, 6.07) is 7.99. The van der Waals surface area contributed by atoms with E-state index in [1.54, 1.807) is 0 Å². The highest BCUT2D eigenvalue weighted by Gasteiger charge is 2.13. The van der Waals surface area contributed by atoms with E-state index in [-0.39, 0.29) is 6.42 Å². The molecule has 1 heterocycles. The molecule has 17 heavy (non-hydrogen) atoms. The summed E-state index contributed by atoms with van der Waals surface area (Å²) in [6.07, 6.45) is -0.0232. The van der Waals surface area contributed by atoms with Crippen LogP contribution in [0, 0.1) is 13.8 Å². The molecule has 0 aliphatic carbocycles. The summed E-state index contributed by atoms with van der Waals surface area (Å²) in [4.78, 5) is 10.7. The van der Waals surface area contributed by atoms with Crippen LogP contribution in [0.5, 0.6) is 0 Å². The molecular weight excluding hydrogens is 216 g/mol. The number of aromatic nitrogens is 2. The Morgan fingerprint density at radius 3 is 2.82 bits per heavy atom. The van der Waals surface area contributed by atoms with Gasteiger partial charge in [0.1, 0.15) is 0 Å². The quantitative estimate of drug-likeness (QED) is 0.850. The van der Waals surface area contributed by atoms with Crippen molar-refractivity contribution >= 4 is 5.97 Å². The molecule has 4 nitrogen and oxygen atoms in total. The highest BCUT2D eigenvalue weighted by atomic mass is 16.4. The zero-order valence-corrected chi connectivity index (χ0v) is 9.82. The van der Waals surface area contributed by atoms with Crippen LogP contribution in [0.1, 0.15) is 16.8 Å². The fourth-order valence-corrected chi connectivity index (χ4v) is 1.83. The van der Waals surface area contributed by atoms with Crippen LogP contribution in [0.4, 0.5) is 0 Å². The summed E-state index contributed by atoms with van der Waals surface area (Å²) in [6.45, 7) is 3.91. The number of aromatic amines is 1. The fourth-order valence-electron chi connectivity index (χ4n) is 1.83. The lowest BCUT2D eigenvalue weighted by Gasteiger charge is -2.00. The molecule has 0 unspecified atom stereocenters. The van der Waals surface area contributed by atoms with Crippen molar-refractivity contribution in [2.45, 2.75) is 20.3 Å². The third-order valence-electron chi connectivity index (χ3n) is 2.73. The highest BCUT2D eigenvalue weighted by molar-refractivity contribution is 5.72. The topological polar surface area (TPSA) is 66.0 Å². The molecule has 0 saturated heterocycles. The first-order valence-electron chi connectivity index (χ1n) is 5.40. The number of nitrogens with zero attached hydrogens (tertiary/aromatic N) is 1. The Morgan fingerprint density at radius 1 is 1.41 bits per heavy atom. The average Bonchev–Trinajstić information content (AvgIpc) is 2.60. The van der Waals surface area contributed by atoms with Crippen LogP contribution in [0.25, 0.3) is 11.3 Å². The Morgan fingerprint density at radius 2 is 2.18 bits per heavy atom. The van der Waals surface area contributed by atoms with Crippen molar-refractivity contribution in [1.29, 1.82) is 0 Å². The number of rotatable bonds is 3. The second-order valence-corrected chi connectivity index (χ2v) is 4.12. The summed E-state index contributed by atoms with van der Waals surface area (Å²) in [5.74, 6) is -0.854. The van der Waals surface area contributed by atoms with E-state index in [4.69, 9.17) is 5.11 Å². The van der Waals surface area contributed by atoms with Crippen LogP contribution >= 0.6 is 0 Å². The number of carboxylic acids is 1. The maximum Gasteiger partial charge on any atom is 0.309 e. The maximum atomic E-state index is 10.7. The third-order valence-corrected chi connectivity index (χ3v) is 2.73. The summed E-state index contributed by atoms with van der Waals surface area (Å²) >= 11 is 0. The molecule has 0 atom stereocenters. The normalized spacial score (nSPS) is 10.5. The van der Waals surface area contributed by atoms with E-state index >= 15 is 0 Å². The molecule has 4 heteroatoms. The molecule has 0 amide bonds. The van der Waals surface area contributed by atoms with Gasteiger partial charge in [0, 0.05) is 11.3 Å². The number of aliphatic carboxylic acids is 1. The number of hydrogen-bond acceptors (Lipinski definition) is 2. The lowest BCUT2D eigenvalue weighted by atomic mass is 10.0. The minimum absolute atomic E-state index is 0.0232. The molecule has 1 aromatic carbocycles. The summed E-state index contributed by atoms with van der Waals surface area (Å²) in [5.41, 5.74) is 4.55. The molecule has 2 N–H and O–H groups in total. The number of aryl methyl sites for hydroxylation is 1. The highest BCUT2D eigenvalue weighted by Crippen LogP contribution is 2.23. The van der Waals surface area contributed by atoms with Gasteiger partial charge in [-0.25, -0.2) is 0 Å². The fraction of sp³-hybridized carbons (Fsp3) is 0.231. The zero-order valence-electron chi connectivity index (χ0n) is 9.82. The molecule has 2 rings (SSSR count). The van der Waals surface area contributed by atoms with E-state index in [1.165, 1.54) is 0 Å². The van der Waals surface area contributed by atoms with Crippen LogP contribution in [-0.2, 0) is 11.2 Å². The second kappa shape index (κ2) is 4.41. The first-order valence-corrected chi connectivity index (χ1v) is 5.40. The lowest BCUT2D eigenvalue weighted by molar-refractivity contribution is -0.136. The van der Waals surface area contributed by atoms with Crippen LogP contribution in [-0.4, -0.2) is 21.3 Å². The number of carbonyl (C=O) groups is 1. The Kier molecular flexibility index (Phi) is 2.95. The van der Waals surface area contributed by atoms with Gasteiger partial charge in [0.25, 0.3) is 0 Å². The van der Waals surface area contributed by atoms with Gasteiger partial charge in [-0.3, -0.25) is 9.89 Å². The smallest absolute Gasteiger partial charge is 0.309 e. The average molecular weight is 230 g/mol. The SMILES string of the molecule is Cc1cccc(-c2n[nH]c(CC(=O)O)c2C)c1. The molecule has 0 saturated carbocycles. The van der Waals surface area contributed by atoms with Crippen LogP contribution < -0.4 is 0 Å². The molecule has 2 aromatic rings. The van der Waals surface area contributed by atoms with Crippen LogP contribution in [0.3, 0.4) is 0 Å². The van der Waals surface area contributed by atoms with Gasteiger partial charge in [-0.05, 0) is 25.5 Å². The molecular formula is C13H14N2O2. The lowest BCUT2D eigenvalue weighted by Crippen LogP contribution is -2.01. The first-order chi connectivity index (χ1) is 8.08. The summed E-state index contributed by atoms with van der Waals surface area (Å²) in [5, 5.41) is 15.8. The molecule has 0 aliphatic heterocycles. The van der Waals surface area contributed by atoms with Crippen LogP contribution in [0.15, 0.2) is 24.3 Å². The zero-order chi connectivity index (χ0) is 12.4. The molecule has 0 spiro atoms. The molecule has 0 radical (unpaired) electrons. The van der Waals surface area contributed by atoms with Gasteiger partial charge >= 0.3 is 5.97 Å². The van der Waals surface area contributed by atoms with Gasteiger partial charge in [-0.1, -0.05) is 23.8 Å². The maximum absolute atomic E-state index is 10.7. The van der Waals surface area contributed by atoms with Crippen molar-refractivity contribution in [3.8, 4) is 11.3 Å². The minimum atomic E-state index is -0.854. The van der Waals surface area contributed by atoms with E-state index in [1.807, 2.05) is 38.1 Å². The van der Waals surface area contributed by atoms with Gasteiger partial charge in [-0.2, -0.15) is 5.10 Å². The molecule has 0 fully saturated rings. The molecule has 88 valence electrons. The molecule has 0 bridgehead atoms. The third kappa shape index (κ3) is 2.36.